The number of rotatable bonds is 3. The van der Waals surface area contributed by atoms with E-state index in [-0.39, 0.29) is 6.54 Å². The fraction of sp³-hybridized carbons (Fsp3) is 0.833. The molecule has 0 bridgehead atoms. The molecular weight excluding hydrogens is 162 g/mol. The van der Waals surface area contributed by atoms with Crippen molar-refractivity contribution >= 4 is 5.97 Å². The summed E-state index contributed by atoms with van der Waals surface area (Å²) in [7, 11) is 1.39. The molecule has 6 nitrogen and oxygen atoms in total. The van der Waals surface area contributed by atoms with Gasteiger partial charge in [0.1, 0.15) is 6.54 Å². The quantitative estimate of drug-likeness (QED) is 0.516. The normalized spacial score (nSPS) is 18.6. The molecule has 0 unspecified atom stereocenters. The van der Waals surface area contributed by atoms with Crippen molar-refractivity contribution in [3.8, 4) is 0 Å². The molecule has 12 heavy (non-hydrogen) atoms. The zero-order valence-electron chi connectivity index (χ0n) is 6.99. The first-order chi connectivity index (χ1) is 5.68. The van der Waals surface area contributed by atoms with E-state index in [1.165, 1.54) is 12.1 Å². The Kier molecular flexibility index (Phi) is 3.42. The Bertz CT molecular complexity index is 156. The predicted molar refractivity (Wildman–Crippen MR) is 40.1 cm³/mol. The van der Waals surface area contributed by atoms with E-state index in [1.54, 1.807) is 0 Å². The lowest BCUT2D eigenvalue weighted by Gasteiger charge is -2.14. The first-order valence-corrected chi connectivity index (χ1v) is 3.75. The van der Waals surface area contributed by atoms with Crippen molar-refractivity contribution in [3.63, 3.8) is 0 Å². The molecule has 1 rings (SSSR count). The van der Waals surface area contributed by atoms with Gasteiger partial charge in [0.15, 0.2) is 0 Å². The van der Waals surface area contributed by atoms with Crippen molar-refractivity contribution in [1.82, 2.24) is 15.4 Å². The van der Waals surface area contributed by atoms with Crippen LogP contribution in [0.1, 0.15) is 0 Å². The summed E-state index contributed by atoms with van der Waals surface area (Å²) < 4.78 is 0. The van der Waals surface area contributed by atoms with Crippen LogP contribution in [-0.4, -0.2) is 54.7 Å². The highest BCUT2D eigenvalue weighted by Gasteiger charge is 2.16. The van der Waals surface area contributed by atoms with Crippen LogP contribution in [0.4, 0.5) is 0 Å². The molecule has 0 spiro atoms. The van der Waals surface area contributed by atoms with E-state index in [0.29, 0.717) is 13.2 Å². The largest absolute Gasteiger partial charge is 0.365 e. The van der Waals surface area contributed by atoms with Crippen LogP contribution in [0.3, 0.4) is 0 Å². The van der Waals surface area contributed by atoms with E-state index in [0.717, 1.165) is 11.6 Å². The van der Waals surface area contributed by atoms with Gasteiger partial charge in [0.05, 0.1) is 6.67 Å². The van der Waals surface area contributed by atoms with E-state index in [9.17, 15) is 4.79 Å². The molecule has 6 heteroatoms. The van der Waals surface area contributed by atoms with Gasteiger partial charge < -0.3 is 15.4 Å². The molecule has 1 aliphatic rings. The molecule has 70 valence electrons. The molecule has 0 amide bonds. The highest BCUT2D eigenvalue weighted by molar-refractivity contribution is 5.71. The zero-order chi connectivity index (χ0) is 8.97. The van der Waals surface area contributed by atoms with E-state index in [4.69, 9.17) is 10.0 Å². The molecule has 1 fully saturated rings. The van der Waals surface area contributed by atoms with Gasteiger partial charge in [0.2, 0.25) is 0 Å². The molecule has 0 aromatic rings. The van der Waals surface area contributed by atoms with Crippen molar-refractivity contribution in [3.05, 3.63) is 0 Å². The van der Waals surface area contributed by atoms with Crippen LogP contribution in [0.25, 0.3) is 0 Å². The number of nitrogens with zero attached hydrogens (tertiary/aromatic N) is 2. The molecule has 0 saturated carbocycles. The summed E-state index contributed by atoms with van der Waals surface area (Å²) >= 11 is 0. The number of hydrogen-bond acceptors (Lipinski definition) is 6. The highest BCUT2D eigenvalue weighted by atomic mass is 16.7. The van der Waals surface area contributed by atoms with Crippen LogP contribution < -0.4 is 5.32 Å². The lowest BCUT2D eigenvalue weighted by Crippen LogP contribution is -2.32. The fourth-order valence-corrected chi connectivity index (χ4v) is 0.924. The maximum absolute atomic E-state index is 10.9. The minimum absolute atomic E-state index is 0.115. The van der Waals surface area contributed by atoms with Crippen LogP contribution in [-0.2, 0) is 9.63 Å². The average Bonchev–Trinajstić information content (AvgIpc) is 2.37. The van der Waals surface area contributed by atoms with Gasteiger partial charge in [-0.05, 0) is 0 Å². The Balaban J connectivity index is 2.16. The van der Waals surface area contributed by atoms with E-state index >= 15 is 0 Å². The molecule has 0 aromatic carbocycles. The Morgan fingerprint density at radius 2 is 2.58 bits per heavy atom. The van der Waals surface area contributed by atoms with Gasteiger partial charge >= 0.3 is 5.97 Å². The Morgan fingerprint density at radius 1 is 1.83 bits per heavy atom. The first-order valence-electron chi connectivity index (χ1n) is 3.75. The lowest BCUT2D eigenvalue weighted by atomic mass is 10.6. The van der Waals surface area contributed by atoms with Crippen LogP contribution >= 0.6 is 0 Å². The second-order valence-corrected chi connectivity index (χ2v) is 2.64. The zero-order valence-corrected chi connectivity index (χ0v) is 6.99. The van der Waals surface area contributed by atoms with Crippen molar-refractivity contribution in [2.24, 2.45) is 0 Å². The summed E-state index contributed by atoms with van der Waals surface area (Å²) in [5.74, 6) is -0.455. The lowest BCUT2D eigenvalue weighted by molar-refractivity contribution is -0.194. The molecule has 1 heterocycles. The molecule has 0 atom stereocenters. The Labute approximate surface area is 70.6 Å². The van der Waals surface area contributed by atoms with Crippen molar-refractivity contribution in [1.29, 1.82) is 0 Å². The fourth-order valence-electron chi connectivity index (χ4n) is 0.924. The molecular formula is C6H13N3O3. The van der Waals surface area contributed by atoms with Crippen LogP contribution in [0.2, 0.25) is 0 Å². The monoisotopic (exact) mass is 175 g/mol. The standard InChI is InChI=1S/C6H13N3O3/c1-8(11)4-6(10)12-9-3-2-7-5-9/h7,11H,2-5H2,1H3. The smallest absolute Gasteiger partial charge is 0.341 e. The number of nitrogens with one attached hydrogen (secondary N) is 1. The van der Waals surface area contributed by atoms with Gasteiger partial charge in [0, 0.05) is 20.1 Å². The number of hydroxylamine groups is 4. The number of hydrogen-bond donors (Lipinski definition) is 2. The third kappa shape index (κ3) is 3.14. The van der Waals surface area contributed by atoms with Gasteiger partial charge in [-0.25, -0.2) is 4.79 Å². The van der Waals surface area contributed by atoms with Crippen LogP contribution in [0.15, 0.2) is 0 Å². The average molecular weight is 175 g/mol. The Morgan fingerprint density at radius 3 is 3.08 bits per heavy atom. The summed E-state index contributed by atoms with van der Waals surface area (Å²) in [6, 6.07) is 0. The minimum atomic E-state index is -0.455. The topological polar surface area (TPSA) is 65.0 Å². The van der Waals surface area contributed by atoms with Crippen molar-refractivity contribution in [2.45, 2.75) is 0 Å². The Hall–Kier alpha value is -0.690. The van der Waals surface area contributed by atoms with Gasteiger partial charge in [-0.15, -0.1) is 5.06 Å². The number of carbonyl (C=O) groups excluding carboxylic acids is 1. The number of likely N-dealkylation sites (N-methyl/N-ethyl adjacent to an activating group) is 1. The first kappa shape index (κ1) is 9.40. The maximum Gasteiger partial charge on any atom is 0.341 e. The third-order valence-electron chi connectivity index (χ3n) is 1.41. The molecule has 1 saturated heterocycles. The van der Waals surface area contributed by atoms with Gasteiger partial charge in [-0.2, -0.15) is 5.06 Å². The molecule has 0 radical (unpaired) electrons. The summed E-state index contributed by atoms with van der Waals surface area (Å²) in [6.45, 7) is 1.96. The minimum Gasteiger partial charge on any atom is -0.365 e. The number of carbonyl (C=O) groups is 1. The SMILES string of the molecule is CN(O)CC(=O)ON1CCNC1. The van der Waals surface area contributed by atoms with Gasteiger partial charge in [-0.1, -0.05) is 0 Å². The van der Waals surface area contributed by atoms with E-state index < -0.39 is 5.97 Å². The van der Waals surface area contributed by atoms with Crippen molar-refractivity contribution < 1.29 is 14.8 Å². The second kappa shape index (κ2) is 4.36. The molecule has 0 aromatic heterocycles. The summed E-state index contributed by atoms with van der Waals surface area (Å²) in [6.07, 6.45) is 0. The summed E-state index contributed by atoms with van der Waals surface area (Å²) in [4.78, 5) is 15.8. The second-order valence-electron chi connectivity index (χ2n) is 2.64. The third-order valence-corrected chi connectivity index (χ3v) is 1.41. The maximum atomic E-state index is 10.9. The van der Waals surface area contributed by atoms with Crippen LogP contribution in [0, 0.1) is 0 Å². The highest BCUT2D eigenvalue weighted by Crippen LogP contribution is 1.94. The van der Waals surface area contributed by atoms with E-state index in [2.05, 4.69) is 5.32 Å². The molecule has 2 N–H and O–H groups in total. The predicted octanol–water partition coefficient (Wildman–Crippen LogP) is -1.37. The van der Waals surface area contributed by atoms with Gasteiger partial charge in [-0.3, -0.25) is 0 Å². The summed E-state index contributed by atoms with van der Waals surface area (Å²) in [5, 5.41) is 14.0. The van der Waals surface area contributed by atoms with Crippen molar-refractivity contribution in [2.75, 3.05) is 33.4 Å². The summed E-state index contributed by atoms with van der Waals surface area (Å²) in [5.41, 5.74) is 0. The van der Waals surface area contributed by atoms with Gasteiger partial charge in [0.25, 0.3) is 0 Å². The van der Waals surface area contributed by atoms with Crippen LogP contribution in [0.5, 0.6) is 0 Å². The van der Waals surface area contributed by atoms with E-state index in [1.807, 2.05) is 0 Å². The molecule has 1 aliphatic heterocycles. The molecule has 0 aliphatic carbocycles.